The van der Waals surface area contributed by atoms with Gasteiger partial charge >= 0.3 is 0 Å². The van der Waals surface area contributed by atoms with Gasteiger partial charge in [-0.1, -0.05) is 48.6 Å². The SMILES string of the molecule is Fc1ccc(COCC=Cc2ccccc2)cc1Br. The molecule has 0 unspecified atom stereocenters. The Morgan fingerprint density at radius 1 is 1.11 bits per heavy atom. The van der Waals surface area contributed by atoms with Crippen molar-refractivity contribution in [2.75, 3.05) is 6.61 Å². The number of hydrogen-bond acceptors (Lipinski definition) is 1. The van der Waals surface area contributed by atoms with E-state index in [0.717, 1.165) is 11.1 Å². The summed E-state index contributed by atoms with van der Waals surface area (Å²) in [5.74, 6) is -0.257. The number of ether oxygens (including phenoxy) is 1. The van der Waals surface area contributed by atoms with Crippen molar-refractivity contribution in [1.29, 1.82) is 0 Å². The Balaban J connectivity index is 1.78. The molecule has 0 aliphatic rings. The lowest BCUT2D eigenvalue weighted by Gasteiger charge is -2.03. The Hall–Kier alpha value is -1.45. The van der Waals surface area contributed by atoms with Gasteiger partial charge in [0.2, 0.25) is 0 Å². The van der Waals surface area contributed by atoms with Crippen molar-refractivity contribution in [2.45, 2.75) is 6.61 Å². The van der Waals surface area contributed by atoms with Gasteiger partial charge in [0.1, 0.15) is 5.82 Å². The first-order valence-electron chi connectivity index (χ1n) is 5.99. The molecule has 0 saturated heterocycles. The second-order valence-electron chi connectivity index (χ2n) is 4.08. The molecule has 0 N–H and O–H groups in total. The summed E-state index contributed by atoms with van der Waals surface area (Å²) in [6.07, 6.45) is 3.98. The second kappa shape index (κ2) is 7.22. The van der Waals surface area contributed by atoms with Gasteiger partial charge in [0.25, 0.3) is 0 Å². The summed E-state index contributed by atoms with van der Waals surface area (Å²) in [5, 5.41) is 0. The van der Waals surface area contributed by atoms with E-state index < -0.39 is 0 Å². The second-order valence-corrected chi connectivity index (χ2v) is 4.93. The lowest BCUT2D eigenvalue weighted by atomic mass is 10.2. The van der Waals surface area contributed by atoms with Crippen LogP contribution < -0.4 is 0 Å². The molecule has 2 aromatic carbocycles. The third kappa shape index (κ3) is 4.62. The summed E-state index contributed by atoms with van der Waals surface area (Å²) in [4.78, 5) is 0. The summed E-state index contributed by atoms with van der Waals surface area (Å²) < 4.78 is 19.0. The van der Waals surface area contributed by atoms with Gasteiger partial charge < -0.3 is 4.74 Å². The molecule has 0 aliphatic carbocycles. The lowest BCUT2D eigenvalue weighted by Crippen LogP contribution is -1.93. The van der Waals surface area contributed by atoms with Crippen LogP contribution in [0, 0.1) is 5.82 Å². The van der Waals surface area contributed by atoms with Crippen LogP contribution in [0.5, 0.6) is 0 Å². The Kier molecular flexibility index (Phi) is 5.31. The van der Waals surface area contributed by atoms with Crippen molar-refractivity contribution in [3.05, 3.63) is 76.0 Å². The molecule has 2 aromatic rings. The Bertz CT molecular complexity index is 552. The van der Waals surface area contributed by atoms with E-state index in [-0.39, 0.29) is 5.82 Å². The van der Waals surface area contributed by atoms with E-state index in [0.29, 0.717) is 17.7 Å². The summed E-state index contributed by atoms with van der Waals surface area (Å²) in [7, 11) is 0. The van der Waals surface area contributed by atoms with Gasteiger partial charge in [-0.25, -0.2) is 4.39 Å². The molecule has 0 atom stereocenters. The van der Waals surface area contributed by atoms with E-state index in [1.165, 1.54) is 6.07 Å². The molecular weight excluding hydrogens is 307 g/mol. The first-order valence-corrected chi connectivity index (χ1v) is 6.78. The third-order valence-corrected chi connectivity index (χ3v) is 3.18. The fraction of sp³-hybridized carbons (Fsp3) is 0.125. The predicted molar refractivity (Wildman–Crippen MR) is 79.2 cm³/mol. The summed E-state index contributed by atoms with van der Waals surface area (Å²) in [6.45, 7) is 1.00. The highest BCUT2D eigenvalue weighted by molar-refractivity contribution is 9.10. The number of hydrogen-bond donors (Lipinski definition) is 0. The third-order valence-electron chi connectivity index (χ3n) is 2.58. The van der Waals surface area contributed by atoms with Crippen LogP contribution in [0.15, 0.2) is 59.1 Å². The predicted octanol–water partition coefficient (Wildman–Crippen LogP) is 4.82. The van der Waals surface area contributed by atoms with Crippen molar-refractivity contribution >= 4 is 22.0 Å². The van der Waals surface area contributed by atoms with Crippen molar-refractivity contribution in [2.24, 2.45) is 0 Å². The van der Waals surface area contributed by atoms with E-state index in [1.54, 1.807) is 12.1 Å². The van der Waals surface area contributed by atoms with Gasteiger partial charge in [-0.05, 0) is 39.2 Å². The van der Waals surface area contributed by atoms with Crippen molar-refractivity contribution in [1.82, 2.24) is 0 Å². The van der Waals surface area contributed by atoms with E-state index in [2.05, 4.69) is 15.9 Å². The number of halogens is 2. The first-order chi connectivity index (χ1) is 9.25. The number of benzene rings is 2. The summed E-state index contributed by atoms with van der Waals surface area (Å²) in [6, 6.07) is 14.9. The molecule has 0 bridgehead atoms. The van der Waals surface area contributed by atoms with Crippen molar-refractivity contribution in [3.8, 4) is 0 Å². The number of rotatable bonds is 5. The van der Waals surface area contributed by atoms with E-state index in [9.17, 15) is 4.39 Å². The van der Waals surface area contributed by atoms with Crippen LogP contribution in [-0.4, -0.2) is 6.61 Å². The standard InChI is InChI=1S/C16H14BrFO/c17-15-11-14(8-9-16(15)18)12-19-10-4-7-13-5-2-1-3-6-13/h1-9,11H,10,12H2. The highest BCUT2D eigenvalue weighted by Gasteiger charge is 1.99. The van der Waals surface area contributed by atoms with Gasteiger partial charge in [0, 0.05) is 0 Å². The Morgan fingerprint density at radius 3 is 2.63 bits per heavy atom. The average Bonchev–Trinajstić information content (AvgIpc) is 2.43. The Morgan fingerprint density at radius 2 is 1.89 bits per heavy atom. The van der Waals surface area contributed by atoms with E-state index >= 15 is 0 Å². The van der Waals surface area contributed by atoms with Crippen LogP contribution >= 0.6 is 15.9 Å². The van der Waals surface area contributed by atoms with Crippen LogP contribution in [-0.2, 0) is 11.3 Å². The molecule has 2 rings (SSSR count). The minimum Gasteiger partial charge on any atom is -0.373 e. The lowest BCUT2D eigenvalue weighted by molar-refractivity contribution is 0.149. The molecule has 0 amide bonds. The van der Waals surface area contributed by atoms with Gasteiger partial charge in [0.05, 0.1) is 17.7 Å². The first kappa shape index (κ1) is 14.0. The smallest absolute Gasteiger partial charge is 0.137 e. The zero-order valence-corrected chi connectivity index (χ0v) is 11.9. The van der Waals surface area contributed by atoms with Crippen LogP contribution in [0.25, 0.3) is 6.08 Å². The quantitative estimate of drug-likeness (QED) is 0.718. The topological polar surface area (TPSA) is 9.23 Å². The Labute approximate surface area is 120 Å². The minimum atomic E-state index is -0.257. The highest BCUT2D eigenvalue weighted by atomic mass is 79.9. The zero-order chi connectivity index (χ0) is 13.5. The maximum atomic E-state index is 13.0. The molecule has 3 heteroatoms. The molecule has 98 valence electrons. The van der Waals surface area contributed by atoms with Crippen LogP contribution in [0.3, 0.4) is 0 Å². The average molecular weight is 321 g/mol. The maximum absolute atomic E-state index is 13.0. The van der Waals surface area contributed by atoms with Crippen LogP contribution in [0.2, 0.25) is 0 Å². The molecule has 0 aromatic heterocycles. The normalized spacial score (nSPS) is 11.1. The largest absolute Gasteiger partial charge is 0.373 e. The minimum absolute atomic E-state index is 0.257. The van der Waals surface area contributed by atoms with E-state index in [4.69, 9.17) is 4.74 Å². The van der Waals surface area contributed by atoms with Crippen LogP contribution in [0.4, 0.5) is 4.39 Å². The molecule has 0 aliphatic heterocycles. The molecule has 19 heavy (non-hydrogen) atoms. The monoisotopic (exact) mass is 320 g/mol. The van der Waals surface area contributed by atoms with Gasteiger partial charge in [0.15, 0.2) is 0 Å². The molecule has 0 radical (unpaired) electrons. The molecule has 0 fully saturated rings. The maximum Gasteiger partial charge on any atom is 0.137 e. The molecule has 0 heterocycles. The van der Waals surface area contributed by atoms with Gasteiger partial charge in [-0.3, -0.25) is 0 Å². The summed E-state index contributed by atoms with van der Waals surface area (Å²) >= 11 is 3.15. The van der Waals surface area contributed by atoms with E-state index in [1.807, 2.05) is 42.5 Å². The molecule has 1 nitrogen and oxygen atoms in total. The van der Waals surface area contributed by atoms with Gasteiger partial charge in [-0.2, -0.15) is 0 Å². The molecule has 0 spiro atoms. The molecular formula is C16H14BrFO. The summed E-state index contributed by atoms with van der Waals surface area (Å²) in [5.41, 5.74) is 2.09. The van der Waals surface area contributed by atoms with Gasteiger partial charge in [-0.15, -0.1) is 0 Å². The fourth-order valence-electron chi connectivity index (χ4n) is 1.62. The highest BCUT2D eigenvalue weighted by Crippen LogP contribution is 2.17. The molecule has 0 saturated carbocycles. The van der Waals surface area contributed by atoms with Crippen molar-refractivity contribution in [3.63, 3.8) is 0 Å². The van der Waals surface area contributed by atoms with Crippen molar-refractivity contribution < 1.29 is 9.13 Å². The zero-order valence-electron chi connectivity index (χ0n) is 10.4. The van der Waals surface area contributed by atoms with Crippen LogP contribution in [0.1, 0.15) is 11.1 Å². The fourth-order valence-corrected chi connectivity index (χ4v) is 2.05.